The third kappa shape index (κ3) is 3.43. The van der Waals surface area contributed by atoms with Crippen molar-refractivity contribution in [2.75, 3.05) is 0 Å². The van der Waals surface area contributed by atoms with Gasteiger partial charge in [-0.3, -0.25) is 0 Å². The van der Waals surface area contributed by atoms with Gasteiger partial charge in [0.25, 0.3) is 0 Å². The van der Waals surface area contributed by atoms with Crippen LogP contribution in [0.4, 0.5) is 0 Å². The number of rotatable bonds is 4. The van der Waals surface area contributed by atoms with Crippen LogP contribution in [0.25, 0.3) is 5.57 Å². The molecule has 0 spiro atoms. The highest BCUT2D eigenvalue weighted by molar-refractivity contribution is 5.86. The zero-order valence-electron chi connectivity index (χ0n) is 15.1. The lowest BCUT2D eigenvalue weighted by molar-refractivity contribution is 0.866. The highest BCUT2D eigenvalue weighted by atomic mass is 14.2. The zero-order chi connectivity index (χ0) is 17.1. The fraction of sp³-hybridized carbons (Fsp3) is 0.250. The summed E-state index contributed by atoms with van der Waals surface area (Å²) < 4.78 is 0. The van der Waals surface area contributed by atoms with Crippen molar-refractivity contribution in [3.05, 3.63) is 101 Å². The maximum absolute atomic E-state index is 2.26. The second kappa shape index (κ2) is 7.05. The minimum absolute atomic E-state index is 0.562. The molecule has 0 aliphatic heterocycles. The quantitative estimate of drug-likeness (QED) is 0.578. The van der Waals surface area contributed by atoms with Crippen molar-refractivity contribution in [2.45, 2.75) is 39.5 Å². The molecule has 2 aromatic rings. The van der Waals surface area contributed by atoms with Crippen molar-refractivity contribution in [1.82, 2.24) is 0 Å². The van der Waals surface area contributed by atoms with E-state index in [1.54, 1.807) is 0 Å². The third-order valence-corrected chi connectivity index (χ3v) is 4.68. The fourth-order valence-corrected chi connectivity index (χ4v) is 3.11. The molecule has 1 aliphatic rings. The van der Waals surface area contributed by atoms with Crippen molar-refractivity contribution in [2.24, 2.45) is 0 Å². The molecule has 122 valence electrons. The Labute approximate surface area is 146 Å². The van der Waals surface area contributed by atoms with E-state index in [9.17, 15) is 0 Å². The highest BCUT2D eigenvalue weighted by Gasteiger charge is 2.11. The first-order chi connectivity index (χ1) is 11.6. The molecule has 0 nitrogen and oxygen atoms in total. The van der Waals surface area contributed by atoms with E-state index < -0.39 is 0 Å². The van der Waals surface area contributed by atoms with E-state index >= 15 is 0 Å². The van der Waals surface area contributed by atoms with E-state index in [0.29, 0.717) is 11.8 Å². The van der Waals surface area contributed by atoms with E-state index in [1.807, 2.05) is 0 Å². The highest BCUT2D eigenvalue weighted by Crippen LogP contribution is 2.31. The van der Waals surface area contributed by atoms with Gasteiger partial charge in [0.1, 0.15) is 0 Å². The molecular weight excluding hydrogens is 288 g/mol. The number of hydrogen-bond acceptors (Lipinski definition) is 0. The second-order valence-electron chi connectivity index (χ2n) is 7.10. The molecule has 0 radical (unpaired) electrons. The van der Waals surface area contributed by atoms with Crippen LogP contribution < -0.4 is 0 Å². The Morgan fingerprint density at radius 3 is 1.29 bits per heavy atom. The van der Waals surface area contributed by atoms with Gasteiger partial charge in [0.15, 0.2) is 0 Å². The van der Waals surface area contributed by atoms with Gasteiger partial charge < -0.3 is 0 Å². The van der Waals surface area contributed by atoms with Crippen molar-refractivity contribution >= 4 is 5.57 Å². The van der Waals surface area contributed by atoms with Crippen LogP contribution in [0, 0.1) is 0 Å². The molecule has 1 aliphatic carbocycles. The summed E-state index contributed by atoms with van der Waals surface area (Å²) in [5.41, 5.74) is 7.92. The van der Waals surface area contributed by atoms with Crippen LogP contribution in [0.1, 0.15) is 61.8 Å². The molecule has 0 amide bonds. The Kier molecular flexibility index (Phi) is 4.85. The first-order valence-electron chi connectivity index (χ1n) is 8.86. The van der Waals surface area contributed by atoms with Crippen molar-refractivity contribution in [3.8, 4) is 0 Å². The SMILES string of the molecule is CC(C)c1ccc(C(=C2C=CC=C2)c2ccc(C(C)C)cc2)cc1. The van der Waals surface area contributed by atoms with Gasteiger partial charge in [-0.1, -0.05) is 101 Å². The molecule has 0 fully saturated rings. The van der Waals surface area contributed by atoms with Crippen LogP contribution in [0.2, 0.25) is 0 Å². The Morgan fingerprint density at radius 2 is 0.958 bits per heavy atom. The number of allylic oxidation sites excluding steroid dienone is 5. The molecule has 0 saturated carbocycles. The number of benzene rings is 2. The second-order valence-corrected chi connectivity index (χ2v) is 7.10. The lowest BCUT2D eigenvalue weighted by Crippen LogP contribution is -1.95. The molecule has 0 atom stereocenters. The molecule has 0 aromatic heterocycles. The summed E-state index contributed by atoms with van der Waals surface area (Å²) in [6.07, 6.45) is 8.62. The lowest BCUT2D eigenvalue weighted by atomic mass is 9.90. The fourth-order valence-electron chi connectivity index (χ4n) is 3.11. The first kappa shape index (κ1) is 16.5. The van der Waals surface area contributed by atoms with Crippen LogP contribution >= 0.6 is 0 Å². The lowest BCUT2D eigenvalue weighted by Gasteiger charge is -2.14. The molecule has 0 saturated heterocycles. The summed E-state index contributed by atoms with van der Waals surface area (Å²) in [5, 5.41) is 0. The van der Waals surface area contributed by atoms with Gasteiger partial charge in [0, 0.05) is 0 Å². The molecule has 0 heterocycles. The Hall–Kier alpha value is -2.34. The van der Waals surface area contributed by atoms with Crippen LogP contribution in [0.3, 0.4) is 0 Å². The molecule has 3 rings (SSSR count). The van der Waals surface area contributed by atoms with Gasteiger partial charge in [-0.05, 0) is 45.2 Å². The molecule has 2 aromatic carbocycles. The van der Waals surface area contributed by atoms with Gasteiger partial charge in [0.05, 0.1) is 0 Å². The van der Waals surface area contributed by atoms with E-state index in [1.165, 1.54) is 33.4 Å². The van der Waals surface area contributed by atoms with Gasteiger partial charge in [-0.15, -0.1) is 0 Å². The Balaban J connectivity index is 2.07. The minimum atomic E-state index is 0.562. The summed E-state index contributed by atoms with van der Waals surface area (Å²) in [6.45, 7) is 8.95. The normalized spacial score (nSPS) is 13.3. The van der Waals surface area contributed by atoms with Gasteiger partial charge in [-0.25, -0.2) is 0 Å². The predicted octanol–water partition coefficient (Wildman–Crippen LogP) is 6.86. The standard InChI is InChI=1S/C24H26/c1-17(2)19-9-13-22(14-10-19)24(21-7-5-6-8-21)23-15-11-20(12-16-23)18(3)4/h5-18H,1-4H3. The molecule has 0 unspecified atom stereocenters. The van der Waals surface area contributed by atoms with Crippen molar-refractivity contribution in [3.63, 3.8) is 0 Å². The maximum Gasteiger partial charge on any atom is -0.00389 e. The summed E-state index contributed by atoms with van der Waals surface area (Å²) in [6, 6.07) is 18.1. The summed E-state index contributed by atoms with van der Waals surface area (Å²) in [7, 11) is 0. The molecule has 0 bridgehead atoms. The van der Waals surface area contributed by atoms with E-state index in [-0.39, 0.29) is 0 Å². The van der Waals surface area contributed by atoms with Gasteiger partial charge >= 0.3 is 0 Å². The summed E-state index contributed by atoms with van der Waals surface area (Å²) >= 11 is 0. The Bertz CT molecular complexity index is 711. The topological polar surface area (TPSA) is 0 Å². The molecule has 24 heavy (non-hydrogen) atoms. The first-order valence-corrected chi connectivity index (χ1v) is 8.86. The van der Waals surface area contributed by atoms with Crippen molar-refractivity contribution < 1.29 is 0 Å². The Morgan fingerprint density at radius 1 is 0.583 bits per heavy atom. The van der Waals surface area contributed by atoms with E-state index in [2.05, 4.69) is 101 Å². The number of hydrogen-bond donors (Lipinski definition) is 0. The van der Waals surface area contributed by atoms with Gasteiger partial charge in [-0.2, -0.15) is 0 Å². The summed E-state index contributed by atoms with van der Waals surface area (Å²) in [5.74, 6) is 1.12. The van der Waals surface area contributed by atoms with E-state index in [4.69, 9.17) is 0 Å². The smallest absolute Gasteiger partial charge is 0.00389 e. The average Bonchev–Trinajstić information content (AvgIpc) is 3.10. The third-order valence-electron chi connectivity index (χ3n) is 4.68. The van der Waals surface area contributed by atoms with Crippen LogP contribution in [0.5, 0.6) is 0 Å². The van der Waals surface area contributed by atoms with Crippen LogP contribution in [0.15, 0.2) is 78.4 Å². The molecular formula is C24H26. The van der Waals surface area contributed by atoms with Crippen LogP contribution in [-0.2, 0) is 0 Å². The maximum atomic E-state index is 2.26. The predicted molar refractivity (Wildman–Crippen MR) is 105 cm³/mol. The largest absolute Gasteiger partial charge is 0.0616 e. The monoisotopic (exact) mass is 314 g/mol. The molecule has 0 heteroatoms. The summed E-state index contributed by atoms with van der Waals surface area (Å²) in [4.78, 5) is 0. The van der Waals surface area contributed by atoms with Crippen LogP contribution in [-0.4, -0.2) is 0 Å². The zero-order valence-corrected chi connectivity index (χ0v) is 15.1. The minimum Gasteiger partial charge on any atom is -0.0616 e. The van der Waals surface area contributed by atoms with Gasteiger partial charge in [0.2, 0.25) is 0 Å². The average molecular weight is 314 g/mol. The van der Waals surface area contributed by atoms with E-state index in [0.717, 1.165) is 0 Å². The van der Waals surface area contributed by atoms with Crippen molar-refractivity contribution in [1.29, 1.82) is 0 Å². The molecule has 0 N–H and O–H groups in total.